The Hall–Kier alpha value is -2.45. The molecule has 144 valence electrons. The third-order valence-corrected chi connectivity index (χ3v) is 5.90. The molecule has 1 saturated heterocycles. The zero-order chi connectivity index (χ0) is 19.3. The first-order chi connectivity index (χ1) is 13.0. The molecule has 0 atom stereocenters. The highest BCUT2D eigenvalue weighted by Gasteiger charge is 2.26. The number of nitrogens with zero attached hydrogens (tertiary/aromatic N) is 4. The molecule has 0 unspecified atom stereocenters. The van der Waals surface area contributed by atoms with Crippen molar-refractivity contribution in [1.82, 2.24) is 14.3 Å². The van der Waals surface area contributed by atoms with E-state index in [2.05, 4.69) is 20.2 Å². The molecule has 8 heteroatoms. The van der Waals surface area contributed by atoms with E-state index >= 15 is 0 Å². The Morgan fingerprint density at radius 1 is 1.11 bits per heavy atom. The molecule has 1 aliphatic heterocycles. The molecule has 1 fully saturated rings. The van der Waals surface area contributed by atoms with Gasteiger partial charge in [-0.25, -0.2) is 18.4 Å². The lowest BCUT2D eigenvalue weighted by molar-refractivity contribution is 0.388. The number of anilines is 2. The summed E-state index contributed by atoms with van der Waals surface area (Å²) in [5.74, 6) is 2.32. The van der Waals surface area contributed by atoms with Crippen LogP contribution in [0.25, 0.3) is 6.08 Å². The van der Waals surface area contributed by atoms with Crippen LogP contribution in [0.5, 0.6) is 0 Å². The first-order valence-corrected chi connectivity index (χ1v) is 10.6. The Morgan fingerprint density at radius 3 is 2.48 bits per heavy atom. The van der Waals surface area contributed by atoms with Gasteiger partial charge in [0.25, 0.3) is 0 Å². The van der Waals surface area contributed by atoms with E-state index in [1.807, 2.05) is 50.2 Å². The second kappa shape index (κ2) is 8.49. The van der Waals surface area contributed by atoms with Gasteiger partial charge in [0, 0.05) is 44.2 Å². The van der Waals surface area contributed by atoms with E-state index in [1.54, 1.807) is 6.08 Å². The fraction of sp³-hybridized carbons (Fsp3) is 0.368. The van der Waals surface area contributed by atoms with Crippen molar-refractivity contribution >= 4 is 27.7 Å². The smallest absolute Gasteiger partial charge is 0.236 e. The molecule has 2 heterocycles. The molecule has 0 radical (unpaired) electrons. The maximum atomic E-state index is 12.6. The minimum absolute atomic E-state index is 0.432. The SMILES string of the molecule is CCNc1cc(N2CCN(S(=O)(=O)/C=C/c3ccccc3)CC2)nc(C)n1. The van der Waals surface area contributed by atoms with Crippen molar-refractivity contribution in [1.29, 1.82) is 0 Å². The highest BCUT2D eigenvalue weighted by Crippen LogP contribution is 2.19. The third-order valence-electron chi connectivity index (χ3n) is 4.34. The van der Waals surface area contributed by atoms with E-state index in [0.717, 1.165) is 23.7 Å². The van der Waals surface area contributed by atoms with Gasteiger partial charge in [-0.2, -0.15) is 4.31 Å². The molecule has 1 aromatic heterocycles. The number of sulfonamides is 1. The minimum atomic E-state index is -3.43. The van der Waals surface area contributed by atoms with Crippen LogP contribution < -0.4 is 10.2 Å². The average Bonchev–Trinajstić information content (AvgIpc) is 2.67. The van der Waals surface area contributed by atoms with Gasteiger partial charge in [0.2, 0.25) is 10.0 Å². The highest BCUT2D eigenvalue weighted by molar-refractivity contribution is 7.92. The Kier molecular flexibility index (Phi) is 6.08. The van der Waals surface area contributed by atoms with E-state index in [-0.39, 0.29) is 0 Å². The fourth-order valence-corrected chi connectivity index (χ4v) is 4.15. The van der Waals surface area contributed by atoms with Gasteiger partial charge in [-0.05, 0) is 25.5 Å². The zero-order valence-corrected chi connectivity index (χ0v) is 16.5. The molecule has 27 heavy (non-hydrogen) atoms. The van der Waals surface area contributed by atoms with Crippen molar-refractivity contribution in [3.63, 3.8) is 0 Å². The van der Waals surface area contributed by atoms with Gasteiger partial charge in [-0.3, -0.25) is 0 Å². The standard InChI is InChI=1S/C19H25N5O2S/c1-3-20-18-15-19(22-16(2)21-18)23-10-12-24(13-11-23)27(25,26)14-9-17-7-5-4-6-8-17/h4-9,14-15H,3,10-13H2,1-2H3,(H,20,21,22)/b14-9+. The molecule has 7 nitrogen and oxygen atoms in total. The van der Waals surface area contributed by atoms with Crippen LogP contribution in [0.2, 0.25) is 0 Å². The summed E-state index contributed by atoms with van der Waals surface area (Å²) in [6.45, 7) is 6.72. The van der Waals surface area contributed by atoms with Gasteiger partial charge in [-0.15, -0.1) is 0 Å². The van der Waals surface area contributed by atoms with Crippen molar-refractivity contribution in [3.05, 3.63) is 53.2 Å². The maximum Gasteiger partial charge on any atom is 0.236 e. The summed E-state index contributed by atoms with van der Waals surface area (Å²) in [5.41, 5.74) is 0.868. The van der Waals surface area contributed by atoms with E-state index < -0.39 is 10.0 Å². The molecule has 1 N–H and O–H groups in total. The largest absolute Gasteiger partial charge is 0.370 e. The molecule has 3 rings (SSSR count). The number of rotatable bonds is 6. The summed E-state index contributed by atoms with van der Waals surface area (Å²) >= 11 is 0. The number of aromatic nitrogens is 2. The van der Waals surface area contributed by atoms with Crippen molar-refractivity contribution in [3.8, 4) is 0 Å². The van der Waals surface area contributed by atoms with Crippen LogP contribution in [-0.2, 0) is 10.0 Å². The molecule has 0 amide bonds. The lowest BCUT2D eigenvalue weighted by Gasteiger charge is -2.34. The predicted octanol–water partition coefficient (Wildman–Crippen LogP) is 2.34. The lowest BCUT2D eigenvalue weighted by atomic mass is 10.2. The second-order valence-electron chi connectivity index (χ2n) is 6.33. The summed E-state index contributed by atoms with van der Waals surface area (Å²) in [5, 5.41) is 4.49. The summed E-state index contributed by atoms with van der Waals surface area (Å²) < 4.78 is 26.7. The van der Waals surface area contributed by atoms with Crippen molar-refractivity contribution in [2.45, 2.75) is 13.8 Å². The van der Waals surface area contributed by atoms with Crippen LogP contribution >= 0.6 is 0 Å². The van der Waals surface area contributed by atoms with E-state index in [0.29, 0.717) is 32.0 Å². The Balaban J connectivity index is 1.65. The normalized spacial score (nSPS) is 16.0. The number of piperazine rings is 1. The number of hydrogen-bond acceptors (Lipinski definition) is 6. The van der Waals surface area contributed by atoms with E-state index in [1.165, 1.54) is 9.71 Å². The summed E-state index contributed by atoms with van der Waals surface area (Å²) in [4.78, 5) is 11.0. The summed E-state index contributed by atoms with van der Waals surface area (Å²) in [6.07, 6.45) is 1.64. The Labute approximate surface area is 160 Å². The van der Waals surface area contributed by atoms with E-state index in [4.69, 9.17) is 0 Å². The molecule has 1 aromatic carbocycles. The van der Waals surface area contributed by atoms with E-state index in [9.17, 15) is 8.42 Å². The number of nitrogens with one attached hydrogen (secondary N) is 1. The Morgan fingerprint density at radius 2 is 1.81 bits per heavy atom. The molecule has 0 bridgehead atoms. The van der Waals surface area contributed by atoms with Crippen LogP contribution in [0.4, 0.5) is 11.6 Å². The molecular formula is C19H25N5O2S. The highest BCUT2D eigenvalue weighted by atomic mass is 32.2. The second-order valence-corrected chi connectivity index (χ2v) is 8.15. The van der Waals surface area contributed by atoms with Crippen LogP contribution in [0.1, 0.15) is 18.3 Å². The molecule has 0 aliphatic carbocycles. The molecular weight excluding hydrogens is 362 g/mol. The van der Waals surface area contributed by atoms with Crippen molar-refractivity contribution in [2.24, 2.45) is 0 Å². The summed E-state index contributed by atoms with van der Waals surface area (Å²) in [6, 6.07) is 11.3. The van der Waals surface area contributed by atoms with Gasteiger partial charge in [0.1, 0.15) is 17.5 Å². The summed E-state index contributed by atoms with van der Waals surface area (Å²) in [7, 11) is -3.43. The van der Waals surface area contributed by atoms with Crippen LogP contribution in [0.15, 0.2) is 41.8 Å². The third kappa shape index (κ3) is 5.05. The molecule has 0 saturated carbocycles. The zero-order valence-electron chi connectivity index (χ0n) is 15.7. The molecule has 0 spiro atoms. The van der Waals surface area contributed by atoms with Gasteiger partial charge in [0.05, 0.1) is 0 Å². The number of aryl methyl sites for hydroxylation is 1. The molecule has 1 aliphatic rings. The van der Waals surface area contributed by atoms with Gasteiger partial charge in [-0.1, -0.05) is 30.3 Å². The van der Waals surface area contributed by atoms with Crippen LogP contribution in [0.3, 0.4) is 0 Å². The minimum Gasteiger partial charge on any atom is -0.370 e. The first-order valence-electron chi connectivity index (χ1n) is 9.06. The van der Waals surface area contributed by atoms with Gasteiger partial charge in [0.15, 0.2) is 0 Å². The monoisotopic (exact) mass is 387 g/mol. The lowest BCUT2D eigenvalue weighted by Crippen LogP contribution is -2.48. The number of benzene rings is 1. The topological polar surface area (TPSA) is 78.4 Å². The van der Waals surface area contributed by atoms with Crippen LogP contribution in [0, 0.1) is 6.92 Å². The van der Waals surface area contributed by atoms with Gasteiger partial charge < -0.3 is 10.2 Å². The first kappa shape index (κ1) is 19.3. The van der Waals surface area contributed by atoms with Crippen LogP contribution in [-0.4, -0.2) is 55.4 Å². The van der Waals surface area contributed by atoms with Crippen molar-refractivity contribution < 1.29 is 8.42 Å². The predicted molar refractivity (Wildman–Crippen MR) is 109 cm³/mol. The molecule has 2 aromatic rings. The fourth-order valence-electron chi connectivity index (χ4n) is 2.97. The number of hydrogen-bond donors (Lipinski definition) is 1. The quantitative estimate of drug-likeness (QED) is 0.820. The average molecular weight is 388 g/mol. The maximum absolute atomic E-state index is 12.6. The van der Waals surface area contributed by atoms with Gasteiger partial charge >= 0.3 is 0 Å². The Bertz CT molecular complexity index is 892. The van der Waals surface area contributed by atoms with Crippen molar-refractivity contribution in [2.75, 3.05) is 42.9 Å².